The minimum Gasteiger partial charge on any atom is -0.494 e. The van der Waals surface area contributed by atoms with Crippen molar-refractivity contribution >= 4 is 10.0 Å². The zero-order chi connectivity index (χ0) is 16.2. The predicted octanol–water partition coefficient (Wildman–Crippen LogP) is 3.21. The number of nitrogens with zero attached hydrogens (tertiary/aromatic N) is 1. The third-order valence-corrected chi connectivity index (χ3v) is 5.16. The van der Waals surface area contributed by atoms with Crippen LogP contribution in [0, 0.1) is 6.92 Å². The van der Waals surface area contributed by atoms with Gasteiger partial charge in [-0.25, -0.2) is 8.42 Å². The molecule has 0 saturated carbocycles. The monoisotopic (exact) mass is 319 g/mol. The largest absolute Gasteiger partial charge is 0.494 e. The van der Waals surface area contributed by atoms with Gasteiger partial charge >= 0.3 is 0 Å². The molecule has 0 saturated heterocycles. The van der Waals surface area contributed by atoms with Crippen LogP contribution in [0.3, 0.4) is 0 Å². The van der Waals surface area contributed by atoms with E-state index in [9.17, 15) is 8.42 Å². The highest BCUT2D eigenvalue weighted by Crippen LogP contribution is 2.19. The molecular weight excluding hydrogens is 298 g/mol. The van der Waals surface area contributed by atoms with Crippen LogP contribution in [-0.4, -0.2) is 26.4 Å². The summed E-state index contributed by atoms with van der Waals surface area (Å²) in [5, 5.41) is 0. The first kappa shape index (κ1) is 16.5. The summed E-state index contributed by atoms with van der Waals surface area (Å²) in [6, 6.07) is 14.4. The normalized spacial score (nSPS) is 11.6. The van der Waals surface area contributed by atoms with Crippen LogP contribution in [0.1, 0.15) is 18.1 Å². The van der Waals surface area contributed by atoms with Crippen LogP contribution in [0.15, 0.2) is 53.4 Å². The minimum absolute atomic E-state index is 0.303. The van der Waals surface area contributed by atoms with Crippen molar-refractivity contribution in [2.24, 2.45) is 0 Å². The maximum atomic E-state index is 12.6. The molecule has 0 spiro atoms. The van der Waals surface area contributed by atoms with E-state index in [-0.39, 0.29) is 0 Å². The summed E-state index contributed by atoms with van der Waals surface area (Å²) in [7, 11) is -1.90. The van der Waals surface area contributed by atoms with Crippen LogP contribution in [0.5, 0.6) is 5.75 Å². The molecule has 0 aromatic heterocycles. The molecule has 2 rings (SSSR count). The average Bonchev–Trinajstić information content (AvgIpc) is 2.48. The second-order valence-electron chi connectivity index (χ2n) is 5.15. The summed E-state index contributed by atoms with van der Waals surface area (Å²) in [5.41, 5.74) is 1.93. The van der Waals surface area contributed by atoms with Gasteiger partial charge in [-0.05, 0) is 43.7 Å². The summed E-state index contributed by atoms with van der Waals surface area (Å²) < 4.78 is 31.9. The van der Waals surface area contributed by atoms with Gasteiger partial charge in [0.2, 0.25) is 10.0 Å². The molecule has 0 radical (unpaired) electrons. The standard InChI is InChI=1S/C17H21NO3S/c1-4-21-16-7-5-6-15(12-16)13-18(3)22(19,20)17-10-8-14(2)9-11-17/h5-12H,4,13H2,1-3H3. The topological polar surface area (TPSA) is 46.6 Å². The summed E-state index contributed by atoms with van der Waals surface area (Å²) in [6.07, 6.45) is 0. The van der Waals surface area contributed by atoms with E-state index in [1.807, 2.05) is 38.1 Å². The predicted molar refractivity (Wildman–Crippen MR) is 87.4 cm³/mol. The Hall–Kier alpha value is -1.85. The van der Waals surface area contributed by atoms with E-state index in [0.29, 0.717) is 18.0 Å². The minimum atomic E-state index is -3.49. The Bertz CT molecular complexity index is 724. The van der Waals surface area contributed by atoms with Crippen molar-refractivity contribution in [3.63, 3.8) is 0 Å². The van der Waals surface area contributed by atoms with Crippen LogP contribution in [0.4, 0.5) is 0 Å². The molecule has 0 aliphatic carbocycles. The molecule has 0 bridgehead atoms. The molecule has 0 atom stereocenters. The maximum Gasteiger partial charge on any atom is 0.243 e. The van der Waals surface area contributed by atoms with Gasteiger partial charge in [0.25, 0.3) is 0 Å². The van der Waals surface area contributed by atoms with Gasteiger partial charge in [-0.3, -0.25) is 0 Å². The molecule has 0 aliphatic heterocycles. The average molecular weight is 319 g/mol. The zero-order valence-corrected chi connectivity index (χ0v) is 13.9. The lowest BCUT2D eigenvalue weighted by Gasteiger charge is -2.18. The molecule has 0 heterocycles. The highest BCUT2D eigenvalue weighted by Gasteiger charge is 2.20. The lowest BCUT2D eigenvalue weighted by atomic mass is 10.2. The molecule has 4 nitrogen and oxygen atoms in total. The van der Waals surface area contributed by atoms with Gasteiger partial charge in [0.1, 0.15) is 5.75 Å². The number of hydrogen-bond donors (Lipinski definition) is 0. The highest BCUT2D eigenvalue weighted by molar-refractivity contribution is 7.89. The molecule has 0 N–H and O–H groups in total. The summed E-state index contributed by atoms with van der Waals surface area (Å²) in [6.45, 7) is 4.73. The first-order valence-corrected chi connectivity index (χ1v) is 8.62. The van der Waals surface area contributed by atoms with Gasteiger partial charge < -0.3 is 4.74 Å². The SMILES string of the molecule is CCOc1cccc(CN(C)S(=O)(=O)c2ccc(C)cc2)c1. The van der Waals surface area contributed by atoms with Gasteiger partial charge in [0.05, 0.1) is 11.5 Å². The number of ether oxygens (including phenoxy) is 1. The van der Waals surface area contributed by atoms with Gasteiger partial charge in [0, 0.05) is 13.6 Å². The van der Waals surface area contributed by atoms with Crippen molar-refractivity contribution in [2.45, 2.75) is 25.3 Å². The Morgan fingerprint density at radius 1 is 1.09 bits per heavy atom. The van der Waals surface area contributed by atoms with Gasteiger partial charge in [-0.1, -0.05) is 29.8 Å². The first-order valence-electron chi connectivity index (χ1n) is 7.18. The second-order valence-corrected chi connectivity index (χ2v) is 7.20. The molecule has 22 heavy (non-hydrogen) atoms. The Kier molecular flexibility index (Phi) is 5.21. The fourth-order valence-corrected chi connectivity index (χ4v) is 3.29. The van der Waals surface area contributed by atoms with E-state index < -0.39 is 10.0 Å². The number of benzene rings is 2. The van der Waals surface area contributed by atoms with Crippen LogP contribution in [-0.2, 0) is 16.6 Å². The lowest BCUT2D eigenvalue weighted by molar-refractivity contribution is 0.339. The zero-order valence-electron chi connectivity index (χ0n) is 13.1. The molecule has 0 unspecified atom stereocenters. The van der Waals surface area contributed by atoms with Gasteiger partial charge in [-0.15, -0.1) is 0 Å². The molecule has 0 aliphatic rings. The molecule has 2 aromatic carbocycles. The maximum absolute atomic E-state index is 12.6. The van der Waals surface area contributed by atoms with Crippen LogP contribution in [0.25, 0.3) is 0 Å². The number of aryl methyl sites for hydroxylation is 1. The van der Waals surface area contributed by atoms with Crippen molar-refractivity contribution in [1.29, 1.82) is 0 Å². The smallest absolute Gasteiger partial charge is 0.243 e. The summed E-state index contributed by atoms with van der Waals surface area (Å²) in [4.78, 5) is 0.307. The van der Waals surface area contributed by atoms with Crippen molar-refractivity contribution in [2.75, 3.05) is 13.7 Å². The fourth-order valence-electron chi connectivity index (χ4n) is 2.13. The lowest BCUT2D eigenvalue weighted by Crippen LogP contribution is -2.26. The van der Waals surface area contributed by atoms with Crippen LogP contribution >= 0.6 is 0 Å². The number of sulfonamides is 1. The van der Waals surface area contributed by atoms with E-state index in [4.69, 9.17) is 4.74 Å². The summed E-state index contributed by atoms with van der Waals surface area (Å²) >= 11 is 0. The van der Waals surface area contributed by atoms with Crippen molar-refractivity contribution in [1.82, 2.24) is 4.31 Å². The van der Waals surface area contributed by atoms with Crippen LogP contribution in [0.2, 0.25) is 0 Å². The third kappa shape index (κ3) is 3.87. The Morgan fingerprint density at radius 2 is 1.77 bits per heavy atom. The van der Waals surface area contributed by atoms with E-state index in [2.05, 4.69) is 0 Å². The molecule has 2 aromatic rings. The molecule has 0 amide bonds. The van der Waals surface area contributed by atoms with Gasteiger partial charge in [0.15, 0.2) is 0 Å². The third-order valence-electron chi connectivity index (χ3n) is 3.34. The van der Waals surface area contributed by atoms with E-state index in [1.54, 1.807) is 31.3 Å². The highest BCUT2D eigenvalue weighted by atomic mass is 32.2. The Morgan fingerprint density at radius 3 is 2.41 bits per heavy atom. The van der Waals surface area contributed by atoms with Crippen molar-refractivity contribution < 1.29 is 13.2 Å². The number of hydrogen-bond acceptors (Lipinski definition) is 3. The summed E-state index contributed by atoms with van der Waals surface area (Å²) in [5.74, 6) is 0.751. The van der Waals surface area contributed by atoms with Crippen molar-refractivity contribution in [3.05, 3.63) is 59.7 Å². The van der Waals surface area contributed by atoms with E-state index in [0.717, 1.165) is 16.9 Å². The van der Waals surface area contributed by atoms with Crippen molar-refractivity contribution in [3.8, 4) is 5.75 Å². The fraction of sp³-hybridized carbons (Fsp3) is 0.294. The van der Waals surface area contributed by atoms with Gasteiger partial charge in [-0.2, -0.15) is 4.31 Å². The molecule has 0 fully saturated rings. The Labute approximate surface area is 132 Å². The number of rotatable bonds is 6. The second kappa shape index (κ2) is 6.94. The quantitative estimate of drug-likeness (QED) is 0.821. The van der Waals surface area contributed by atoms with E-state index >= 15 is 0 Å². The molecule has 118 valence electrons. The van der Waals surface area contributed by atoms with E-state index in [1.165, 1.54) is 4.31 Å². The Balaban J connectivity index is 2.18. The first-order chi connectivity index (χ1) is 10.4. The van der Waals surface area contributed by atoms with Crippen LogP contribution < -0.4 is 4.74 Å². The molecule has 5 heteroatoms. The molecular formula is C17H21NO3S.